The first-order valence-electron chi connectivity index (χ1n) is 6.94. The van der Waals surface area contributed by atoms with Gasteiger partial charge in [0.25, 0.3) is 0 Å². The molecule has 0 aliphatic carbocycles. The average molecular weight is 366 g/mol. The smallest absolute Gasteiger partial charge is 0.239 e. The van der Waals surface area contributed by atoms with Crippen LogP contribution >= 0.6 is 12.4 Å². The number of nitrogens with one attached hydrogen (secondary N) is 2. The van der Waals surface area contributed by atoms with E-state index in [1.807, 2.05) is 20.8 Å². The number of nitrogen functional groups attached to an aromatic ring is 1. The Labute approximate surface area is 143 Å². The van der Waals surface area contributed by atoms with Crippen molar-refractivity contribution >= 4 is 39.7 Å². The molecule has 4 N–H and O–H groups in total. The zero-order chi connectivity index (χ0) is 16.8. The number of aryl methyl sites for hydroxylation is 1. The molecule has 0 spiro atoms. The van der Waals surface area contributed by atoms with E-state index in [1.54, 1.807) is 18.2 Å². The predicted molar refractivity (Wildman–Crippen MR) is 94.3 cm³/mol. The van der Waals surface area contributed by atoms with Crippen LogP contribution in [0.2, 0.25) is 0 Å². The van der Waals surface area contributed by atoms with Crippen LogP contribution < -0.4 is 15.8 Å². The highest BCUT2D eigenvalue weighted by molar-refractivity contribution is 7.89. The molecule has 1 aromatic carbocycles. The summed E-state index contributed by atoms with van der Waals surface area (Å²) in [5, 5.41) is 2.62. The predicted octanol–water partition coefficient (Wildman–Crippen LogP) is 1.28. The number of rotatable bonds is 8. The lowest BCUT2D eigenvalue weighted by Gasteiger charge is -2.11. The van der Waals surface area contributed by atoms with Crippen LogP contribution in [0.25, 0.3) is 0 Å². The fourth-order valence-electron chi connectivity index (χ4n) is 1.61. The lowest BCUT2D eigenvalue weighted by atomic mass is 10.2. The SMILES string of the molecule is Cc1ccc(N)cc1NC(=O)CNS(=O)(=O)CCOC(C)C.Cl. The first-order chi connectivity index (χ1) is 10.2. The van der Waals surface area contributed by atoms with Gasteiger partial charge >= 0.3 is 0 Å². The summed E-state index contributed by atoms with van der Waals surface area (Å²) in [6.45, 7) is 5.21. The van der Waals surface area contributed by atoms with Gasteiger partial charge in [-0.3, -0.25) is 4.79 Å². The normalized spacial score (nSPS) is 11.1. The summed E-state index contributed by atoms with van der Waals surface area (Å²) in [4.78, 5) is 11.8. The number of hydrogen-bond acceptors (Lipinski definition) is 5. The summed E-state index contributed by atoms with van der Waals surface area (Å²) in [6, 6.07) is 5.12. The molecule has 0 atom stereocenters. The highest BCUT2D eigenvalue weighted by Gasteiger charge is 2.13. The van der Waals surface area contributed by atoms with Crippen molar-refractivity contribution in [3.8, 4) is 0 Å². The second-order valence-electron chi connectivity index (χ2n) is 5.18. The Balaban J connectivity index is 0.00000484. The quantitative estimate of drug-likeness (QED) is 0.601. The van der Waals surface area contributed by atoms with E-state index in [0.29, 0.717) is 11.4 Å². The Hall–Kier alpha value is -1.35. The van der Waals surface area contributed by atoms with Gasteiger partial charge in [0.1, 0.15) is 0 Å². The molecule has 0 aromatic heterocycles. The summed E-state index contributed by atoms with van der Waals surface area (Å²) < 4.78 is 30.8. The highest BCUT2D eigenvalue weighted by atomic mass is 35.5. The first kappa shape index (κ1) is 21.6. The minimum absolute atomic E-state index is 0. The molecular weight excluding hydrogens is 342 g/mol. The molecule has 0 bridgehead atoms. The molecule has 9 heteroatoms. The summed E-state index contributed by atoms with van der Waals surface area (Å²) in [5.41, 5.74) is 7.58. The van der Waals surface area contributed by atoms with Gasteiger partial charge in [0.15, 0.2) is 0 Å². The number of ether oxygens (including phenoxy) is 1. The number of sulfonamides is 1. The molecule has 0 fully saturated rings. The summed E-state index contributed by atoms with van der Waals surface area (Å²) >= 11 is 0. The highest BCUT2D eigenvalue weighted by Crippen LogP contribution is 2.17. The molecule has 1 amide bonds. The van der Waals surface area contributed by atoms with Crippen molar-refractivity contribution in [1.29, 1.82) is 0 Å². The van der Waals surface area contributed by atoms with E-state index in [-0.39, 0.29) is 37.4 Å². The van der Waals surface area contributed by atoms with Gasteiger partial charge < -0.3 is 15.8 Å². The van der Waals surface area contributed by atoms with Gasteiger partial charge in [-0.25, -0.2) is 13.1 Å². The van der Waals surface area contributed by atoms with Gasteiger partial charge in [0, 0.05) is 11.4 Å². The molecule has 23 heavy (non-hydrogen) atoms. The Bertz CT molecular complexity index is 620. The Morgan fingerprint density at radius 1 is 1.35 bits per heavy atom. The van der Waals surface area contributed by atoms with Crippen molar-refractivity contribution < 1.29 is 17.9 Å². The molecule has 0 aliphatic heterocycles. The van der Waals surface area contributed by atoms with E-state index in [9.17, 15) is 13.2 Å². The molecular formula is C14H24ClN3O4S. The van der Waals surface area contributed by atoms with E-state index >= 15 is 0 Å². The van der Waals surface area contributed by atoms with Gasteiger partial charge in [-0.2, -0.15) is 0 Å². The zero-order valence-electron chi connectivity index (χ0n) is 13.5. The van der Waals surface area contributed by atoms with Gasteiger partial charge in [-0.05, 0) is 38.5 Å². The monoisotopic (exact) mass is 365 g/mol. The van der Waals surface area contributed by atoms with Crippen LogP contribution in [-0.2, 0) is 19.6 Å². The van der Waals surface area contributed by atoms with Crippen LogP contribution in [0.4, 0.5) is 11.4 Å². The number of anilines is 2. The van der Waals surface area contributed by atoms with E-state index in [0.717, 1.165) is 5.56 Å². The number of halogens is 1. The van der Waals surface area contributed by atoms with Crippen molar-refractivity contribution in [2.45, 2.75) is 26.9 Å². The molecule has 0 radical (unpaired) electrons. The number of nitrogens with two attached hydrogens (primary N) is 1. The maximum Gasteiger partial charge on any atom is 0.239 e. The van der Waals surface area contributed by atoms with Crippen molar-refractivity contribution in [3.63, 3.8) is 0 Å². The zero-order valence-corrected chi connectivity index (χ0v) is 15.1. The fourth-order valence-corrected chi connectivity index (χ4v) is 2.42. The van der Waals surface area contributed by atoms with Crippen LogP contribution in [0.1, 0.15) is 19.4 Å². The fraction of sp³-hybridized carbons (Fsp3) is 0.500. The van der Waals surface area contributed by atoms with Crippen LogP contribution in [-0.4, -0.2) is 39.3 Å². The number of amides is 1. The van der Waals surface area contributed by atoms with E-state index in [2.05, 4.69) is 10.0 Å². The molecule has 0 unspecified atom stereocenters. The molecule has 0 heterocycles. The standard InChI is InChI=1S/C14H23N3O4S.ClH/c1-10(2)21-6-7-22(19,20)16-9-14(18)17-13-8-12(15)5-4-11(13)3;/h4-5,8,10,16H,6-7,9,15H2,1-3H3,(H,17,18);1H. The lowest BCUT2D eigenvalue weighted by molar-refractivity contribution is -0.115. The molecule has 0 saturated heterocycles. The molecule has 7 nitrogen and oxygen atoms in total. The van der Waals surface area contributed by atoms with E-state index < -0.39 is 15.9 Å². The lowest BCUT2D eigenvalue weighted by Crippen LogP contribution is -2.35. The summed E-state index contributed by atoms with van der Waals surface area (Å²) in [6.07, 6.45) is -0.0370. The largest absolute Gasteiger partial charge is 0.399 e. The third kappa shape index (κ3) is 8.75. The second kappa shape index (κ2) is 9.71. The van der Waals surface area contributed by atoms with Crippen molar-refractivity contribution in [2.24, 2.45) is 0 Å². The van der Waals surface area contributed by atoms with E-state index in [4.69, 9.17) is 10.5 Å². The molecule has 0 aliphatic rings. The third-order valence-electron chi connectivity index (χ3n) is 2.79. The molecule has 0 saturated carbocycles. The molecule has 1 aromatic rings. The van der Waals surface area contributed by atoms with Crippen molar-refractivity contribution in [2.75, 3.05) is 30.0 Å². The van der Waals surface area contributed by atoms with Crippen molar-refractivity contribution in [1.82, 2.24) is 4.72 Å². The average Bonchev–Trinajstić information content (AvgIpc) is 2.40. The maximum atomic E-state index is 11.8. The summed E-state index contributed by atoms with van der Waals surface area (Å²) in [7, 11) is -3.54. The summed E-state index contributed by atoms with van der Waals surface area (Å²) in [5.74, 6) is -0.641. The second-order valence-corrected chi connectivity index (χ2v) is 7.11. The third-order valence-corrected chi connectivity index (χ3v) is 4.08. The van der Waals surface area contributed by atoms with Gasteiger partial charge in [-0.15, -0.1) is 12.4 Å². The van der Waals surface area contributed by atoms with Crippen LogP contribution in [0.15, 0.2) is 18.2 Å². The van der Waals surface area contributed by atoms with Crippen molar-refractivity contribution in [3.05, 3.63) is 23.8 Å². The first-order valence-corrected chi connectivity index (χ1v) is 8.60. The van der Waals surface area contributed by atoms with E-state index in [1.165, 1.54) is 0 Å². The minimum atomic E-state index is -3.54. The number of carbonyl (C=O) groups is 1. The number of carbonyl (C=O) groups excluding carboxylic acids is 1. The molecule has 1 rings (SSSR count). The molecule has 132 valence electrons. The van der Waals surface area contributed by atoms with Gasteiger partial charge in [0.05, 0.1) is 25.0 Å². The van der Waals surface area contributed by atoms with Crippen LogP contribution in [0.3, 0.4) is 0 Å². The maximum absolute atomic E-state index is 11.8. The Kier molecular flexibility index (Phi) is 9.14. The number of benzene rings is 1. The Morgan fingerprint density at radius 3 is 2.61 bits per heavy atom. The Morgan fingerprint density at radius 2 is 2.00 bits per heavy atom. The number of hydrogen-bond donors (Lipinski definition) is 3. The van der Waals surface area contributed by atoms with Gasteiger partial charge in [-0.1, -0.05) is 6.07 Å². The topological polar surface area (TPSA) is 111 Å². The van der Waals surface area contributed by atoms with Crippen LogP contribution in [0, 0.1) is 6.92 Å². The van der Waals surface area contributed by atoms with Crippen LogP contribution in [0.5, 0.6) is 0 Å². The minimum Gasteiger partial charge on any atom is -0.399 e. The van der Waals surface area contributed by atoms with Gasteiger partial charge in [0.2, 0.25) is 15.9 Å².